The number of aryl methyl sites for hydroxylation is 3. The highest BCUT2D eigenvalue weighted by atomic mass is 32.2. The summed E-state index contributed by atoms with van der Waals surface area (Å²) >= 11 is 0. The number of nitrogens with one attached hydrogen (secondary N) is 1. The highest BCUT2D eigenvalue weighted by molar-refractivity contribution is 7.92. The van der Waals surface area contributed by atoms with Crippen molar-refractivity contribution < 1.29 is 17.9 Å². The minimum atomic E-state index is -3.33. The van der Waals surface area contributed by atoms with Crippen molar-refractivity contribution in [3.63, 3.8) is 0 Å². The van der Waals surface area contributed by atoms with E-state index in [1.165, 1.54) is 11.4 Å². The summed E-state index contributed by atoms with van der Waals surface area (Å²) < 4.78 is 30.3. The van der Waals surface area contributed by atoms with Crippen molar-refractivity contribution in [2.24, 2.45) is 0 Å². The number of ether oxygens (including phenoxy) is 1. The average Bonchev–Trinajstić information content (AvgIpc) is 2.61. The Morgan fingerprint density at radius 2 is 1.64 bits per heavy atom. The highest BCUT2D eigenvalue weighted by Gasteiger charge is 2.20. The molecule has 0 heterocycles. The lowest BCUT2D eigenvalue weighted by Gasteiger charge is -2.20. The van der Waals surface area contributed by atoms with Gasteiger partial charge in [0.2, 0.25) is 10.0 Å². The monoisotopic (exact) mass is 404 g/mol. The Hall–Kier alpha value is -2.54. The second-order valence-corrected chi connectivity index (χ2v) is 9.02. The van der Waals surface area contributed by atoms with Crippen molar-refractivity contribution in [1.29, 1.82) is 0 Å². The summed E-state index contributed by atoms with van der Waals surface area (Å²) in [4.78, 5) is 12.7. The molecule has 0 aliphatic rings. The Kier molecular flexibility index (Phi) is 6.72. The third kappa shape index (κ3) is 5.25. The number of anilines is 2. The third-order valence-electron chi connectivity index (χ3n) is 4.56. The second-order valence-electron chi connectivity index (χ2n) is 7.00. The zero-order valence-electron chi connectivity index (χ0n) is 17.2. The third-order valence-corrected chi connectivity index (χ3v) is 5.77. The SMILES string of the molecule is CCC(Oc1ccc(N(C)S(C)(=O)=O)cc1)C(=O)Nc1c(C)cc(C)cc1C. The van der Waals surface area contributed by atoms with Crippen LogP contribution in [0.2, 0.25) is 0 Å². The van der Waals surface area contributed by atoms with Gasteiger partial charge in [-0.25, -0.2) is 8.42 Å². The van der Waals surface area contributed by atoms with Crippen LogP contribution in [0.25, 0.3) is 0 Å². The Morgan fingerprint density at radius 1 is 1.11 bits per heavy atom. The van der Waals surface area contributed by atoms with Gasteiger partial charge in [0.25, 0.3) is 5.91 Å². The first kappa shape index (κ1) is 21.8. The Balaban J connectivity index is 2.13. The zero-order chi connectivity index (χ0) is 21.1. The van der Waals surface area contributed by atoms with Crippen LogP contribution in [0, 0.1) is 20.8 Å². The number of rotatable bonds is 7. The van der Waals surface area contributed by atoms with Crippen molar-refractivity contribution in [2.75, 3.05) is 22.9 Å². The van der Waals surface area contributed by atoms with Gasteiger partial charge in [-0.3, -0.25) is 9.10 Å². The van der Waals surface area contributed by atoms with Gasteiger partial charge < -0.3 is 10.1 Å². The maximum absolute atomic E-state index is 12.7. The summed E-state index contributed by atoms with van der Waals surface area (Å²) in [5.74, 6) is 0.292. The minimum Gasteiger partial charge on any atom is -0.481 e. The van der Waals surface area contributed by atoms with Crippen LogP contribution in [0.5, 0.6) is 5.75 Å². The summed E-state index contributed by atoms with van der Waals surface area (Å²) in [6.07, 6.45) is 0.989. The van der Waals surface area contributed by atoms with Gasteiger partial charge in [-0.05, 0) is 62.6 Å². The van der Waals surface area contributed by atoms with Crippen LogP contribution in [0.4, 0.5) is 11.4 Å². The fourth-order valence-electron chi connectivity index (χ4n) is 2.99. The van der Waals surface area contributed by atoms with Crippen LogP contribution < -0.4 is 14.4 Å². The molecule has 0 bridgehead atoms. The van der Waals surface area contributed by atoms with Crippen LogP contribution in [-0.2, 0) is 14.8 Å². The van der Waals surface area contributed by atoms with Crippen LogP contribution in [-0.4, -0.2) is 33.7 Å². The van der Waals surface area contributed by atoms with E-state index in [-0.39, 0.29) is 5.91 Å². The molecule has 2 rings (SSSR count). The highest BCUT2D eigenvalue weighted by Crippen LogP contribution is 2.24. The fraction of sp³-hybridized carbons (Fsp3) is 0.381. The summed E-state index contributed by atoms with van der Waals surface area (Å²) in [5.41, 5.74) is 4.50. The summed E-state index contributed by atoms with van der Waals surface area (Å²) in [5, 5.41) is 2.98. The van der Waals surface area contributed by atoms with E-state index in [1.54, 1.807) is 24.3 Å². The number of sulfonamides is 1. The van der Waals surface area contributed by atoms with E-state index in [4.69, 9.17) is 4.74 Å². The molecule has 0 fully saturated rings. The number of nitrogens with zero attached hydrogens (tertiary/aromatic N) is 1. The van der Waals surface area contributed by atoms with Gasteiger partial charge in [0.15, 0.2) is 6.10 Å². The summed E-state index contributed by atoms with van der Waals surface area (Å²) in [6.45, 7) is 7.84. The van der Waals surface area contributed by atoms with Crippen LogP contribution in [0.1, 0.15) is 30.0 Å². The zero-order valence-corrected chi connectivity index (χ0v) is 18.1. The van der Waals surface area contributed by atoms with Crippen molar-refractivity contribution in [2.45, 2.75) is 40.2 Å². The molecule has 28 heavy (non-hydrogen) atoms. The molecule has 1 N–H and O–H groups in total. The molecule has 7 heteroatoms. The maximum Gasteiger partial charge on any atom is 0.265 e. The first-order valence-electron chi connectivity index (χ1n) is 9.12. The van der Waals surface area contributed by atoms with Gasteiger partial charge >= 0.3 is 0 Å². The molecular weight excluding hydrogens is 376 g/mol. The Morgan fingerprint density at radius 3 is 2.11 bits per heavy atom. The summed E-state index contributed by atoms with van der Waals surface area (Å²) in [7, 11) is -1.84. The second kappa shape index (κ2) is 8.65. The van der Waals surface area contributed by atoms with E-state index >= 15 is 0 Å². The average molecular weight is 405 g/mol. The first-order chi connectivity index (χ1) is 13.0. The van der Waals surface area contributed by atoms with Gasteiger partial charge in [-0.1, -0.05) is 24.6 Å². The van der Waals surface area contributed by atoms with Crippen LogP contribution >= 0.6 is 0 Å². The van der Waals surface area contributed by atoms with E-state index in [9.17, 15) is 13.2 Å². The van der Waals surface area contributed by atoms with Gasteiger partial charge in [0.05, 0.1) is 11.9 Å². The molecule has 6 nitrogen and oxygen atoms in total. The normalized spacial score (nSPS) is 12.4. The molecule has 0 radical (unpaired) electrons. The smallest absolute Gasteiger partial charge is 0.265 e. The predicted molar refractivity (Wildman–Crippen MR) is 114 cm³/mol. The molecule has 2 aromatic carbocycles. The Bertz CT molecular complexity index is 930. The Labute approximate surface area is 167 Å². The molecular formula is C21H28N2O4S. The van der Waals surface area contributed by atoms with Crippen molar-refractivity contribution in [3.8, 4) is 5.75 Å². The minimum absolute atomic E-state index is 0.213. The number of carbonyl (C=O) groups excluding carboxylic acids is 1. The van der Waals surface area contributed by atoms with E-state index in [0.717, 1.165) is 28.6 Å². The lowest BCUT2D eigenvalue weighted by atomic mass is 10.0. The largest absolute Gasteiger partial charge is 0.481 e. The quantitative estimate of drug-likeness (QED) is 0.761. The van der Waals surface area contributed by atoms with Crippen LogP contribution in [0.3, 0.4) is 0 Å². The molecule has 2 aromatic rings. The summed E-state index contributed by atoms with van der Waals surface area (Å²) in [6, 6.07) is 10.7. The standard InChI is InChI=1S/C21H28N2O4S/c1-7-19(21(24)22-20-15(3)12-14(2)13-16(20)4)27-18-10-8-17(9-11-18)23(5)28(6,25)26/h8-13,19H,7H2,1-6H3,(H,22,24). The number of carbonyl (C=O) groups is 1. The lowest BCUT2D eigenvalue weighted by molar-refractivity contribution is -0.122. The van der Waals surface area contributed by atoms with Gasteiger partial charge in [0.1, 0.15) is 5.75 Å². The van der Waals surface area contributed by atoms with Crippen molar-refractivity contribution >= 4 is 27.3 Å². The number of hydrogen-bond acceptors (Lipinski definition) is 4. The molecule has 0 aliphatic heterocycles. The number of benzene rings is 2. The maximum atomic E-state index is 12.7. The van der Waals surface area contributed by atoms with Crippen molar-refractivity contribution in [1.82, 2.24) is 0 Å². The molecule has 152 valence electrons. The molecule has 0 saturated heterocycles. The topological polar surface area (TPSA) is 75.7 Å². The predicted octanol–water partition coefficient (Wildman–Crippen LogP) is 3.80. The number of amides is 1. The van der Waals surface area contributed by atoms with E-state index < -0.39 is 16.1 Å². The molecule has 0 aromatic heterocycles. The molecule has 0 spiro atoms. The van der Waals surface area contributed by atoms with Crippen molar-refractivity contribution in [3.05, 3.63) is 53.1 Å². The molecule has 0 saturated carbocycles. The molecule has 1 amide bonds. The molecule has 0 aliphatic carbocycles. The first-order valence-corrected chi connectivity index (χ1v) is 11.0. The lowest BCUT2D eigenvalue weighted by Crippen LogP contribution is -2.33. The van der Waals surface area contributed by atoms with E-state index in [0.29, 0.717) is 17.9 Å². The fourth-order valence-corrected chi connectivity index (χ4v) is 3.50. The molecule has 1 unspecified atom stereocenters. The van der Waals surface area contributed by atoms with E-state index in [2.05, 4.69) is 5.32 Å². The van der Waals surface area contributed by atoms with Gasteiger partial charge in [-0.15, -0.1) is 0 Å². The van der Waals surface area contributed by atoms with Gasteiger partial charge in [-0.2, -0.15) is 0 Å². The number of hydrogen-bond donors (Lipinski definition) is 1. The van der Waals surface area contributed by atoms with E-state index in [1.807, 2.05) is 39.8 Å². The van der Waals surface area contributed by atoms with Crippen LogP contribution in [0.15, 0.2) is 36.4 Å². The van der Waals surface area contributed by atoms with Gasteiger partial charge in [0, 0.05) is 12.7 Å². The molecule has 1 atom stereocenters.